The number of ether oxygens (including phenoxy) is 3. The molecule has 0 bridgehead atoms. The number of nitrogens with zero attached hydrogens (tertiary/aromatic N) is 1. The molecular formula is C31H43NO5. The number of allylic oxidation sites excluding steroid dienone is 2. The molecule has 2 aromatic carbocycles. The van der Waals surface area contributed by atoms with Gasteiger partial charge in [-0.05, 0) is 50.9 Å². The van der Waals surface area contributed by atoms with E-state index in [1.165, 1.54) is 6.92 Å². The molecule has 1 heterocycles. The summed E-state index contributed by atoms with van der Waals surface area (Å²) >= 11 is 0. The van der Waals surface area contributed by atoms with Gasteiger partial charge in [0.1, 0.15) is 5.75 Å². The smallest absolute Gasteiger partial charge is 0.194 e. The van der Waals surface area contributed by atoms with Crippen LogP contribution in [0.25, 0.3) is 0 Å². The summed E-state index contributed by atoms with van der Waals surface area (Å²) in [7, 11) is 1.63. The van der Waals surface area contributed by atoms with E-state index in [2.05, 4.69) is 4.90 Å². The minimum absolute atomic E-state index is 0.158. The molecule has 37 heavy (non-hydrogen) atoms. The number of benzene rings is 2. The van der Waals surface area contributed by atoms with Crippen molar-refractivity contribution in [3.63, 3.8) is 0 Å². The predicted molar refractivity (Wildman–Crippen MR) is 148 cm³/mol. The van der Waals surface area contributed by atoms with Crippen molar-refractivity contribution in [2.24, 2.45) is 0 Å². The van der Waals surface area contributed by atoms with Crippen molar-refractivity contribution in [3.05, 3.63) is 76.6 Å². The van der Waals surface area contributed by atoms with Crippen LogP contribution in [0.2, 0.25) is 0 Å². The highest BCUT2D eigenvalue weighted by molar-refractivity contribution is 6.13. The van der Waals surface area contributed by atoms with Crippen molar-refractivity contribution < 1.29 is 23.8 Å². The largest absolute Gasteiger partial charge is 0.497 e. The van der Waals surface area contributed by atoms with Crippen molar-refractivity contribution in [2.45, 2.75) is 53.4 Å². The molecule has 1 aliphatic heterocycles. The first-order chi connectivity index (χ1) is 17.9. The molecule has 1 unspecified atom stereocenters. The number of rotatable bonds is 12. The van der Waals surface area contributed by atoms with Gasteiger partial charge in [0.05, 0.1) is 32.5 Å². The van der Waals surface area contributed by atoms with Gasteiger partial charge in [-0.15, -0.1) is 0 Å². The molecule has 0 N–H and O–H groups in total. The second-order valence-corrected chi connectivity index (χ2v) is 8.85. The minimum atomic E-state index is -0.291. The Labute approximate surface area is 222 Å². The van der Waals surface area contributed by atoms with Gasteiger partial charge in [0.25, 0.3) is 0 Å². The summed E-state index contributed by atoms with van der Waals surface area (Å²) in [5, 5.41) is 0. The molecule has 1 fully saturated rings. The van der Waals surface area contributed by atoms with Crippen molar-refractivity contribution in [1.29, 1.82) is 0 Å². The molecule has 1 aliphatic rings. The van der Waals surface area contributed by atoms with Crippen LogP contribution in [0.1, 0.15) is 67.9 Å². The number of methoxy groups -OCH3 is 1. The Hall–Kier alpha value is -2.96. The van der Waals surface area contributed by atoms with E-state index in [-0.39, 0.29) is 23.2 Å². The third-order valence-corrected chi connectivity index (χ3v) is 6.35. The zero-order valence-electron chi connectivity index (χ0n) is 23.3. The Bertz CT molecular complexity index is 1000. The first kappa shape index (κ1) is 30.3. The average Bonchev–Trinajstić information content (AvgIpc) is 2.93. The summed E-state index contributed by atoms with van der Waals surface area (Å²) < 4.78 is 16.6. The molecule has 0 amide bonds. The van der Waals surface area contributed by atoms with Gasteiger partial charge in [-0.2, -0.15) is 0 Å². The normalized spacial score (nSPS) is 15.1. The number of Topliss-reactive ketones (excluding diaryl/α,β-unsaturated/α-hetero) is 2. The van der Waals surface area contributed by atoms with E-state index in [1.807, 2.05) is 76.2 Å². The lowest BCUT2D eigenvalue weighted by Gasteiger charge is -2.28. The van der Waals surface area contributed by atoms with Gasteiger partial charge >= 0.3 is 0 Å². The van der Waals surface area contributed by atoms with Crippen molar-refractivity contribution >= 4 is 11.6 Å². The summed E-state index contributed by atoms with van der Waals surface area (Å²) in [5.41, 5.74) is 3.01. The fraction of sp³-hybridized carbons (Fsp3) is 0.484. The second-order valence-electron chi connectivity index (χ2n) is 8.85. The monoisotopic (exact) mass is 509 g/mol. The first-order valence-corrected chi connectivity index (χ1v) is 13.4. The van der Waals surface area contributed by atoms with Gasteiger partial charge in [-0.25, -0.2) is 0 Å². The topological polar surface area (TPSA) is 65.1 Å². The number of carbonyl (C=O) groups is 2. The van der Waals surface area contributed by atoms with Gasteiger partial charge in [-0.1, -0.05) is 55.8 Å². The maximum atomic E-state index is 13.9. The molecule has 3 rings (SSSR count). The standard InChI is InChI=1S/C29H37NO5.C2H6/c1-5-35-29(22(3)31)27(28(32)24-10-8-21(2)9-11-24)26(23-12-14-25(33-4)15-13-23)7-6-16-30-17-19-34-20-18-30;1-2/h8-15,26H,5-7,16-20H2,1-4H3;1-2H3/b29-27-;. The van der Waals surface area contributed by atoms with E-state index in [1.54, 1.807) is 7.11 Å². The summed E-state index contributed by atoms with van der Waals surface area (Å²) in [4.78, 5) is 29.1. The summed E-state index contributed by atoms with van der Waals surface area (Å²) in [6.45, 7) is 13.8. The number of morpholine rings is 1. The van der Waals surface area contributed by atoms with Crippen molar-refractivity contribution in [3.8, 4) is 5.75 Å². The number of hydrogen-bond donors (Lipinski definition) is 0. The van der Waals surface area contributed by atoms with Crippen molar-refractivity contribution in [2.75, 3.05) is 46.6 Å². The van der Waals surface area contributed by atoms with E-state index in [4.69, 9.17) is 14.2 Å². The van der Waals surface area contributed by atoms with Gasteiger partial charge in [0.15, 0.2) is 17.3 Å². The number of hydrogen-bond acceptors (Lipinski definition) is 6. The molecule has 0 radical (unpaired) electrons. The van der Waals surface area contributed by atoms with Crippen LogP contribution >= 0.6 is 0 Å². The molecule has 0 aliphatic carbocycles. The Morgan fingerprint density at radius 3 is 2.16 bits per heavy atom. The third kappa shape index (κ3) is 8.83. The molecule has 0 spiro atoms. The number of ketones is 2. The zero-order chi connectivity index (χ0) is 27.2. The second kappa shape index (κ2) is 16.0. The first-order valence-electron chi connectivity index (χ1n) is 13.4. The maximum absolute atomic E-state index is 13.9. The SMILES string of the molecule is CC.CCO/C(C(C)=O)=C(\C(=O)c1ccc(C)cc1)C(CCCN1CCOCC1)c1ccc(OC)cc1. The molecule has 1 atom stereocenters. The molecule has 0 saturated carbocycles. The van der Waals surface area contributed by atoms with Crippen LogP contribution in [0.4, 0.5) is 0 Å². The van der Waals surface area contributed by atoms with E-state index >= 15 is 0 Å². The fourth-order valence-electron chi connectivity index (χ4n) is 4.45. The lowest BCUT2D eigenvalue weighted by Crippen LogP contribution is -2.37. The Kier molecular flexibility index (Phi) is 13.1. The summed E-state index contributed by atoms with van der Waals surface area (Å²) in [6, 6.07) is 15.2. The molecular weight excluding hydrogens is 466 g/mol. The van der Waals surface area contributed by atoms with E-state index in [0.29, 0.717) is 24.2 Å². The molecule has 6 heteroatoms. The van der Waals surface area contributed by atoms with Gasteiger partial charge in [0.2, 0.25) is 0 Å². The van der Waals surface area contributed by atoms with Gasteiger partial charge in [0, 0.05) is 31.5 Å². The molecule has 6 nitrogen and oxygen atoms in total. The van der Waals surface area contributed by atoms with Crippen LogP contribution < -0.4 is 4.74 Å². The van der Waals surface area contributed by atoms with E-state index in [0.717, 1.165) is 56.1 Å². The van der Waals surface area contributed by atoms with E-state index in [9.17, 15) is 9.59 Å². The van der Waals surface area contributed by atoms with Gasteiger partial charge < -0.3 is 14.2 Å². The van der Waals surface area contributed by atoms with Crippen LogP contribution in [0.15, 0.2) is 59.9 Å². The van der Waals surface area contributed by atoms with Crippen LogP contribution in [0.3, 0.4) is 0 Å². The minimum Gasteiger partial charge on any atom is -0.497 e. The summed E-state index contributed by atoms with van der Waals surface area (Å²) in [5.74, 6) is 0.198. The number of carbonyl (C=O) groups excluding carboxylic acids is 2. The zero-order valence-corrected chi connectivity index (χ0v) is 23.3. The van der Waals surface area contributed by atoms with E-state index < -0.39 is 0 Å². The van der Waals surface area contributed by atoms with Gasteiger partial charge in [-0.3, -0.25) is 14.5 Å². The Balaban J connectivity index is 0.00000235. The highest BCUT2D eigenvalue weighted by Gasteiger charge is 2.30. The molecule has 202 valence electrons. The lowest BCUT2D eigenvalue weighted by molar-refractivity contribution is -0.117. The Morgan fingerprint density at radius 2 is 1.62 bits per heavy atom. The average molecular weight is 510 g/mol. The summed E-state index contributed by atoms with van der Waals surface area (Å²) in [6.07, 6.45) is 1.58. The van der Waals surface area contributed by atoms with Crippen LogP contribution in [0, 0.1) is 6.92 Å². The molecule has 1 saturated heterocycles. The maximum Gasteiger partial charge on any atom is 0.194 e. The molecule has 2 aromatic rings. The van der Waals surface area contributed by atoms with Crippen molar-refractivity contribution in [1.82, 2.24) is 4.90 Å². The third-order valence-electron chi connectivity index (χ3n) is 6.35. The predicted octanol–water partition coefficient (Wildman–Crippen LogP) is 5.99. The lowest BCUT2D eigenvalue weighted by atomic mass is 9.81. The highest BCUT2D eigenvalue weighted by Crippen LogP contribution is 2.35. The fourth-order valence-corrected chi connectivity index (χ4v) is 4.45. The van der Waals surface area contributed by atoms with Crippen LogP contribution in [-0.2, 0) is 14.3 Å². The quantitative estimate of drug-likeness (QED) is 0.199. The van der Waals surface area contributed by atoms with Crippen LogP contribution in [-0.4, -0.2) is 63.0 Å². The Morgan fingerprint density at radius 1 is 1.00 bits per heavy atom. The molecule has 0 aromatic heterocycles. The highest BCUT2D eigenvalue weighted by atomic mass is 16.5. The van der Waals surface area contributed by atoms with Crippen LogP contribution in [0.5, 0.6) is 5.75 Å². The number of aryl methyl sites for hydroxylation is 1.